The summed E-state index contributed by atoms with van der Waals surface area (Å²) in [5.74, 6) is -2.61. The summed E-state index contributed by atoms with van der Waals surface area (Å²) in [6.07, 6.45) is 1.22. The number of non-ortho nitro benzene ring substituents is 1. The molecule has 0 bridgehead atoms. The number of amides is 2. The van der Waals surface area contributed by atoms with E-state index in [4.69, 9.17) is 0 Å². The maximum atomic E-state index is 13.0. The molecular formula is C15H11FN4O4. The number of hydrogen-bond donors (Lipinski definition) is 2. The highest BCUT2D eigenvalue weighted by Gasteiger charge is 2.13. The summed E-state index contributed by atoms with van der Waals surface area (Å²) in [7, 11) is 0. The molecule has 0 spiro atoms. The number of halogens is 1. The normalized spacial score (nSPS) is 10.4. The first-order valence-electron chi connectivity index (χ1n) is 6.60. The zero-order valence-corrected chi connectivity index (χ0v) is 12.1. The van der Waals surface area contributed by atoms with E-state index in [9.17, 15) is 24.1 Å². The molecule has 0 saturated heterocycles. The maximum Gasteiger partial charge on any atom is 0.329 e. The third-order valence-corrected chi connectivity index (χ3v) is 2.77. The molecule has 0 atom stereocenters. The Labute approximate surface area is 135 Å². The smallest absolute Gasteiger partial charge is 0.318 e. The first-order valence-corrected chi connectivity index (χ1v) is 6.60. The van der Waals surface area contributed by atoms with Crippen molar-refractivity contribution in [3.8, 4) is 0 Å². The van der Waals surface area contributed by atoms with Gasteiger partial charge < -0.3 is 5.32 Å². The lowest BCUT2D eigenvalue weighted by Gasteiger charge is -2.03. The van der Waals surface area contributed by atoms with Crippen LogP contribution in [-0.2, 0) is 9.59 Å². The Morgan fingerprint density at radius 1 is 1.12 bits per heavy atom. The molecule has 0 aliphatic carbocycles. The van der Waals surface area contributed by atoms with Gasteiger partial charge in [0.25, 0.3) is 5.69 Å². The quantitative estimate of drug-likeness (QED) is 0.385. The predicted molar refractivity (Wildman–Crippen MR) is 83.9 cm³/mol. The summed E-state index contributed by atoms with van der Waals surface area (Å²) in [4.78, 5) is 33.1. The third-order valence-electron chi connectivity index (χ3n) is 2.77. The first-order chi connectivity index (χ1) is 11.5. The van der Waals surface area contributed by atoms with Gasteiger partial charge in [0.1, 0.15) is 5.82 Å². The molecule has 8 nitrogen and oxygen atoms in total. The highest BCUT2D eigenvalue weighted by molar-refractivity contribution is 6.39. The fraction of sp³-hybridized carbons (Fsp3) is 0. The van der Waals surface area contributed by atoms with E-state index in [1.807, 2.05) is 5.43 Å². The molecule has 2 N–H and O–H groups in total. The van der Waals surface area contributed by atoms with Gasteiger partial charge in [-0.2, -0.15) is 5.10 Å². The topological polar surface area (TPSA) is 114 Å². The van der Waals surface area contributed by atoms with Crippen molar-refractivity contribution in [2.24, 2.45) is 5.10 Å². The summed E-state index contributed by atoms with van der Waals surface area (Å²) >= 11 is 0. The molecule has 0 aliphatic heterocycles. The van der Waals surface area contributed by atoms with Crippen LogP contribution in [0.1, 0.15) is 5.56 Å². The highest BCUT2D eigenvalue weighted by atomic mass is 19.1. The largest absolute Gasteiger partial charge is 0.329 e. The number of nitrogens with zero attached hydrogens (tertiary/aromatic N) is 2. The van der Waals surface area contributed by atoms with Crippen LogP contribution in [0.3, 0.4) is 0 Å². The van der Waals surface area contributed by atoms with E-state index in [-0.39, 0.29) is 11.4 Å². The Balaban J connectivity index is 1.89. The van der Waals surface area contributed by atoms with E-state index < -0.39 is 22.6 Å². The second kappa shape index (κ2) is 7.58. The van der Waals surface area contributed by atoms with Crippen molar-refractivity contribution in [3.05, 3.63) is 70.0 Å². The molecule has 0 aromatic heterocycles. The molecule has 2 aromatic rings. The number of hydrogen-bond acceptors (Lipinski definition) is 5. The second-order valence-electron chi connectivity index (χ2n) is 4.51. The standard InChI is InChI=1S/C15H11FN4O4/c16-11-2-1-3-12(8-11)18-14(21)15(22)19-17-9-10-4-6-13(7-5-10)20(23)24/h1-9H,(H,18,21)(H,19,22)/b17-9+. The lowest BCUT2D eigenvalue weighted by molar-refractivity contribution is -0.384. The van der Waals surface area contributed by atoms with Gasteiger partial charge in [-0.3, -0.25) is 19.7 Å². The summed E-state index contributed by atoms with van der Waals surface area (Å²) in [5.41, 5.74) is 2.54. The number of carbonyl (C=O) groups is 2. The van der Waals surface area contributed by atoms with Gasteiger partial charge in [0.05, 0.1) is 11.1 Å². The molecule has 0 saturated carbocycles. The number of nitro benzene ring substituents is 1. The minimum absolute atomic E-state index is 0.0781. The molecule has 2 aromatic carbocycles. The van der Waals surface area contributed by atoms with Crippen LogP contribution in [0.25, 0.3) is 0 Å². The lowest BCUT2D eigenvalue weighted by Crippen LogP contribution is -2.32. The van der Waals surface area contributed by atoms with Crippen LogP contribution >= 0.6 is 0 Å². The molecule has 24 heavy (non-hydrogen) atoms. The minimum atomic E-state index is -1.04. The van der Waals surface area contributed by atoms with Gasteiger partial charge in [-0.1, -0.05) is 6.07 Å². The summed E-state index contributed by atoms with van der Waals surface area (Å²) < 4.78 is 13.0. The average molecular weight is 330 g/mol. The van der Waals surface area contributed by atoms with Crippen molar-refractivity contribution in [3.63, 3.8) is 0 Å². The number of carbonyl (C=O) groups excluding carboxylic acids is 2. The van der Waals surface area contributed by atoms with Crippen LogP contribution in [0, 0.1) is 15.9 Å². The average Bonchev–Trinajstić information content (AvgIpc) is 2.55. The van der Waals surface area contributed by atoms with Gasteiger partial charge in [-0.05, 0) is 35.9 Å². The molecule has 0 heterocycles. The van der Waals surface area contributed by atoms with Crippen LogP contribution < -0.4 is 10.7 Å². The van der Waals surface area contributed by atoms with Gasteiger partial charge >= 0.3 is 11.8 Å². The summed E-state index contributed by atoms with van der Waals surface area (Å²) in [6.45, 7) is 0. The van der Waals surface area contributed by atoms with Crippen molar-refractivity contribution < 1.29 is 18.9 Å². The van der Waals surface area contributed by atoms with Crippen molar-refractivity contribution in [2.45, 2.75) is 0 Å². The number of hydrazone groups is 1. The molecule has 0 radical (unpaired) electrons. The number of benzene rings is 2. The molecule has 122 valence electrons. The van der Waals surface area contributed by atoms with E-state index in [0.29, 0.717) is 5.56 Å². The van der Waals surface area contributed by atoms with Crippen molar-refractivity contribution >= 4 is 29.4 Å². The lowest BCUT2D eigenvalue weighted by atomic mass is 10.2. The Morgan fingerprint density at radius 2 is 1.83 bits per heavy atom. The number of nitro groups is 1. The Hall–Kier alpha value is -3.62. The van der Waals surface area contributed by atoms with Crippen molar-refractivity contribution in [1.82, 2.24) is 5.43 Å². The maximum absolute atomic E-state index is 13.0. The SMILES string of the molecule is O=C(N/N=C/c1ccc([N+](=O)[O-])cc1)C(=O)Nc1cccc(F)c1. The van der Waals surface area contributed by atoms with Crippen LogP contribution in [-0.4, -0.2) is 23.0 Å². The fourth-order valence-corrected chi connectivity index (χ4v) is 1.65. The molecule has 0 aliphatic rings. The van der Waals surface area contributed by atoms with Crippen LogP contribution in [0.5, 0.6) is 0 Å². The van der Waals surface area contributed by atoms with Gasteiger partial charge in [0.2, 0.25) is 0 Å². The Bertz CT molecular complexity index is 805. The molecule has 0 fully saturated rings. The first kappa shape index (κ1) is 16.7. The fourth-order valence-electron chi connectivity index (χ4n) is 1.65. The Kier molecular flexibility index (Phi) is 5.29. The number of rotatable bonds is 4. The minimum Gasteiger partial charge on any atom is -0.318 e. The van der Waals surface area contributed by atoms with E-state index >= 15 is 0 Å². The van der Waals surface area contributed by atoms with E-state index in [1.54, 1.807) is 0 Å². The molecular weight excluding hydrogens is 319 g/mol. The van der Waals surface area contributed by atoms with E-state index in [0.717, 1.165) is 6.07 Å². The third kappa shape index (κ3) is 4.70. The van der Waals surface area contributed by atoms with Gasteiger partial charge in [-0.25, -0.2) is 9.82 Å². The predicted octanol–water partition coefficient (Wildman–Crippen LogP) is 1.82. The summed E-state index contributed by atoms with van der Waals surface area (Å²) in [6, 6.07) is 10.5. The number of nitrogens with one attached hydrogen (secondary N) is 2. The van der Waals surface area contributed by atoms with Gasteiger partial charge in [0, 0.05) is 17.8 Å². The van der Waals surface area contributed by atoms with E-state index in [2.05, 4.69) is 10.4 Å². The molecule has 2 rings (SSSR count). The second-order valence-corrected chi connectivity index (χ2v) is 4.51. The zero-order valence-electron chi connectivity index (χ0n) is 12.1. The van der Waals surface area contributed by atoms with Crippen LogP contribution in [0.15, 0.2) is 53.6 Å². The van der Waals surface area contributed by atoms with Gasteiger partial charge in [0.15, 0.2) is 0 Å². The molecule has 2 amide bonds. The van der Waals surface area contributed by atoms with Crippen molar-refractivity contribution in [1.29, 1.82) is 0 Å². The zero-order chi connectivity index (χ0) is 17.5. The van der Waals surface area contributed by atoms with Crippen LogP contribution in [0.2, 0.25) is 0 Å². The monoisotopic (exact) mass is 330 g/mol. The molecule has 9 heteroatoms. The van der Waals surface area contributed by atoms with Gasteiger partial charge in [-0.15, -0.1) is 0 Å². The number of anilines is 1. The molecule has 0 unspecified atom stereocenters. The van der Waals surface area contributed by atoms with Crippen molar-refractivity contribution in [2.75, 3.05) is 5.32 Å². The summed E-state index contributed by atoms with van der Waals surface area (Å²) in [5, 5.41) is 16.3. The highest BCUT2D eigenvalue weighted by Crippen LogP contribution is 2.10. The van der Waals surface area contributed by atoms with Crippen LogP contribution in [0.4, 0.5) is 15.8 Å². The van der Waals surface area contributed by atoms with E-state index in [1.165, 1.54) is 48.7 Å². The Morgan fingerprint density at radius 3 is 2.46 bits per heavy atom.